The van der Waals surface area contributed by atoms with Gasteiger partial charge in [-0.3, -0.25) is 0 Å². The van der Waals surface area contributed by atoms with Gasteiger partial charge >= 0.3 is 6.16 Å². The van der Waals surface area contributed by atoms with Gasteiger partial charge in [-0.2, -0.15) is 0 Å². The molecule has 4 nitrogen and oxygen atoms in total. The van der Waals surface area contributed by atoms with Crippen LogP contribution in [0.1, 0.15) is 39.5 Å². The number of ether oxygens (including phenoxy) is 2. The minimum absolute atomic E-state index is 0.131. The van der Waals surface area contributed by atoms with E-state index in [4.69, 9.17) is 14.6 Å². The lowest BCUT2D eigenvalue weighted by atomic mass is 10.0. The second kappa shape index (κ2) is 8.40. The number of carbonyl (C=O) groups excluding carboxylic acids is 1. The van der Waals surface area contributed by atoms with Crippen molar-refractivity contribution in [2.75, 3.05) is 6.61 Å². The highest BCUT2D eigenvalue weighted by atomic mass is 16.7. The van der Waals surface area contributed by atoms with Crippen LogP contribution in [0.5, 0.6) is 11.5 Å². The number of carbonyl (C=O) groups is 1. The predicted molar refractivity (Wildman–Crippen MR) is 73.4 cm³/mol. The number of hydrogen-bond acceptors (Lipinski definition) is 4. The fourth-order valence-electron chi connectivity index (χ4n) is 1.72. The molecule has 0 saturated heterocycles. The topological polar surface area (TPSA) is 55.8 Å². The number of unbranched alkanes of at least 4 members (excludes halogenated alkanes) is 1. The van der Waals surface area contributed by atoms with E-state index >= 15 is 0 Å². The number of hydrogen-bond donors (Lipinski definition) is 1. The molecule has 0 saturated carbocycles. The summed E-state index contributed by atoms with van der Waals surface area (Å²) in [4.78, 5) is 11.5. The number of aromatic hydroxyl groups is 1. The summed E-state index contributed by atoms with van der Waals surface area (Å²) in [7, 11) is 0. The molecule has 0 fully saturated rings. The Labute approximate surface area is 114 Å². The van der Waals surface area contributed by atoms with E-state index in [-0.39, 0.29) is 5.75 Å². The van der Waals surface area contributed by atoms with Gasteiger partial charge in [0.25, 0.3) is 0 Å². The first-order valence-electron chi connectivity index (χ1n) is 6.79. The first-order valence-corrected chi connectivity index (χ1v) is 6.79. The SMILES string of the molecule is CCCCC(CC)COC(=O)Oc1ccc(O)cc1. The molecule has 1 aromatic carbocycles. The molecule has 0 amide bonds. The second-order valence-electron chi connectivity index (χ2n) is 4.57. The van der Waals surface area contributed by atoms with E-state index in [1.165, 1.54) is 24.3 Å². The minimum atomic E-state index is -0.694. The Kier molecular flexibility index (Phi) is 6.79. The summed E-state index contributed by atoms with van der Waals surface area (Å²) >= 11 is 0. The lowest BCUT2D eigenvalue weighted by molar-refractivity contribution is 0.0811. The first kappa shape index (κ1) is 15.3. The van der Waals surface area contributed by atoms with Gasteiger partial charge in [0.15, 0.2) is 0 Å². The van der Waals surface area contributed by atoms with Gasteiger partial charge in [0, 0.05) is 0 Å². The Hall–Kier alpha value is -1.71. The molecule has 0 aliphatic rings. The van der Waals surface area contributed by atoms with Crippen molar-refractivity contribution < 1.29 is 19.4 Å². The fraction of sp³-hybridized carbons (Fsp3) is 0.533. The van der Waals surface area contributed by atoms with Gasteiger partial charge in [-0.25, -0.2) is 4.79 Å². The van der Waals surface area contributed by atoms with Gasteiger partial charge in [-0.15, -0.1) is 0 Å². The molecule has 1 atom stereocenters. The van der Waals surface area contributed by atoms with E-state index in [0.717, 1.165) is 25.7 Å². The highest BCUT2D eigenvalue weighted by Gasteiger charge is 2.11. The van der Waals surface area contributed by atoms with Crippen molar-refractivity contribution in [1.82, 2.24) is 0 Å². The molecule has 0 bridgehead atoms. The second-order valence-corrected chi connectivity index (χ2v) is 4.57. The molecular formula is C15H22O4. The number of benzene rings is 1. The lowest BCUT2D eigenvalue weighted by Gasteiger charge is -2.14. The number of phenols is 1. The molecule has 0 aromatic heterocycles. The standard InChI is InChI=1S/C15H22O4/c1-3-5-6-12(4-2)11-18-15(17)19-14-9-7-13(16)8-10-14/h7-10,12,16H,3-6,11H2,1-2H3. The molecule has 0 aliphatic carbocycles. The largest absolute Gasteiger partial charge is 0.513 e. The maximum Gasteiger partial charge on any atom is 0.513 e. The van der Waals surface area contributed by atoms with Crippen LogP contribution in [0.2, 0.25) is 0 Å². The minimum Gasteiger partial charge on any atom is -0.508 e. The molecule has 1 unspecified atom stereocenters. The Bertz CT molecular complexity index is 372. The van der Waals surface area contributed by atoms with Crippen molar-refractivity contribution >= 4 is 6.16 Å². The first-order chi connectivity index (χ1) is 9.15. The van der Waals surface area contributed by atoms with Gasteiger partial charge in [0.2, 0.25) is 0 Å². The van der Waals surface area contributed by atoms with Crippen LogP contribution < -0.4 is 4.74 Å². The molecular weight excluding hydrogens is 244 g/mol. The van der Waals surface area contributed by atoms with Crippen LogP contribution in [-0.2, 0) is 4.74 Å². The molecule has 106 valence electrons. The van der Waals surface area contributed by atoms with E-state index in [1.807, 2.05) is 0 Å². The van der Waals surface area contributed by atoms with Crippen LogP contribution in [0.25, 0.3) is 0 Å². The Morgan fingerprint density at radius 1 is 1.26 bits per heavy atom. The van der Waals surface area contributed by atoms with Crippen LogP contribution in [0, 0.1) is 5.92 Å². The molecule has 0 spiro atoms. The summed E-state index contributed by atoms with van der Waals surface area (Å²) in [5.74, 6) is 0.892. The normalized spacial score (nSPS) is 11.9. The van der Waals surface area contributed by atoms with Crippen molar-refractivity contribution in [3.8, 4) is 11.5 Å². The van der Waals surface area contributed by atoms with Crippen molar-refractivity contribution in [3.05, 3.63) is 24.3 Å². The molecule has 19 heavy (non-hydrogen) atoms. The van der Waals surface area contributed by atoms with Gasteiger partial charge in [-0.1, -0.05) is 33.1 Å². The van der Waals surface area contributed by atoms with Gasteiger partial charge in [-0.05, 0) is 36.6 Å². The van der Waals surface area contributed by atoms with Crippen LogP contribution in [0.15, 0.2) is 24.3 Å². The van der Waals surface area contributed by atoms with Crippen molar-refractivity contribution in [2.24, 2.45) is 5.92 Å². The lowest BCUT2D eigenvalue weighted by Crippen LogP contribution is -2.16. The quantitative estimate of drug-likeness (QED) is 0.595. The maximum absolute atomic E-state index is 11.5. The van der Waals surface area contributed by atoms with Gasteiger partial charge in [0.1, 0.15) is 11.5 Å². The summed E-state index contributed by atoms with van der Waals surface area (Å²) in [5.41, 5.74) is 0. The fourth-order valence-corrected chi connectivity index (χ4v) is 1.72. The van der Waals surface area contributed by atoms with E-state index in [2.05, 4.69) is 13.8 Å². The molecule has 0 aliphatic heterocycles. The van der Waals surface area contributed by atoms with Crippen molar-refractivity contribution in [3.63, 3.8) is 0 Å². The summed E-state index contributed by atoms with van der Waals surface area (Å²) in [5, 5.41) is 9.11. The monoisotopic (exact) mass is 266 g/mol. The average Bonchev–Trinajstić information content (AvgIpc) is 2.42. The molecule has 0 heterocycles. The highest BCUT2D eigenvalue weighted by Crippen LogP contribution is 2.17. The smallest absolute Gasteiger partial charge is 0.508 e. The van der Waals surface area contributed by atoms with Crippen LogP contribution in [0.3, 0.4) is 0 Å². The summed E-state index contributed by atoms with van der Waals surface area (Å²) < 4.78 is 10.1. The number of phenolic OH excluding ortho intramolecular Hbond substituents is 1. The van der Waals surface area contributed by atoms with Crippen molar-refractivity contribution in [2.45, 2.75) is 39.5 Å². The summed E-state index contributed by atoms with van der Waals surface area (Å²) in [6, 6.07) is 5.95. The van der Waals surface area contributed by atoms with Crippen LogP contribution in [0.4, 0.5) is 4.79 Å². The van der Waals surface area contributed by atoms with Gasteiger partial charge < -0.3 is 14.6 Å². The number of rotatable bonds is 7. The third-order valence-corrected chi connectivity index (χ3v) is 3.02. The zero-order valence-corrected chi connectivity index (χ0v) is 11.6. The van der Waals surface area contributed by atoms with Gasteiger partial charge in [0.05, 0.1) is 6.61 Å². The Morgan fingerprint density at radius 3 is 2.53 bits per heavy atom. The predicted octanol–water partition coefficient (Wildman–Crippen LogP) is 4.12. The third kappa shape index (κ3) is 6.13. The van der Waals surface area contributed by atoms with E-state index < -0.39 is 6.16 Å². The van der Waals surface area contributed by atoms with E-state index in [0.29, 0.717) is 18.3 Å². The van der Waals surface area contributed by atoms with E-state index in [9.17, 15) is 4.79 Å². The molecule has 1 rings (SSSR count). The highest BCUT2D eigenvalue weighted by molar-refractivity contribution is 5.63. The van der Waals surface area contributed by atoms with E-state index in [1.54, 1.807) is 0 Å². The summed E-state index contributed by atoms with van der Waals surface area (Å²) in [6.07, 6.45) is 3.66. The zero-order chi connectivity index (χ0) is 14.1. The molecule has 0 radical (unpaired) electrons. The third-order valence-electron chi connectivity index (χ3n) is 3.02. The molecule has 1 N–H and O–H groups in total. The van der Waals surface area contributed by atoms with Crippen molar-refractivity contribution in [1.29, 1.82) is 0 Å². The van der Waals surface area contributed by atoms with Crippen LogP contribution in [-0.4, -0.2) is 17.9 Å². The molecule has 1 aromatic rings. The Morgan fingerprint density at radius 2 is 1.95 bits per heavy atom. The molecule has 4 heteroatoms. The maximum atomic E-state index is 11.5. The zero-order valence-electron chi connectivity index (χ0n) is 11.6. The Balaban J connectivity index is 2.32. The average molecular weight is 266 g/mol. The van der Waals surface area contributed by atoms with Crippen LogP contribution >= 0.6 is 0 Å². The summed E-state index contributed by atoms with van der Waals surface area (Å²) in [6.45, 7) is 4.63.